The normalized spacial score (nSPS) is 10.5. The molecule has 6 heteroatoms. The first-order valence-electron chi connectivity index (χ1n) is 4.95. The first kappa shape index (κ1) is 11.1. The first-order chi connectivity index (χ1) is 8.00. The van der Waals surface area contributed by atoms with Crippen LogP contribution in [0.3, 0.4) is 0 Å². The molecule has 0 saturated carbocycles. The Hall–Kier alpha value is -2.37. The molecular weight excluding hydrogens is 224 g/mol. The van der Waals surface area contributed by atoms with E-state index in [0.717, 1.165) is 0 Å². The summed E-state index contributed by atoms with van der Waals surface area (Å²) in [5.74, 6) is 0.574. The van der Waals surface area contributed by atoms with E-state index in [2.05, 4.69) is 0 Å². The maximum Gasteiger partial charge on any atom is 0.392 e. The minimum atomic E-state index is -0.513. The second-order valence-electron chi connectivity index (χ2n) is 3.65. The summed E-state index contributed by atoms with van der Waals surface area (Å²) < 4.78 is 5.93. The molecule has 6 nitrogen and oxygen atoms in total. The second kappa shape index (κ2) is 3.89. The molecule has 0 aliphatic heterocycles. The number of nitrogens with zero attached hydrogens (tertiary/aromatic N) is 2. The van der Waals surface area contributed by atoms with Gasteiger partial charge in [-0.15, -0.1) is 4.73 Å². The molecule has 0 saturated heterocycles. The number of nitro groups is 1. The summed E-state index contributed by atoms with van der Waals surface area (Å²) in [6.07, 6.45) is 0. The quantitative estimate of drug-likeness (QED) is 0.345. The molecule has 0 atom stereocenters. The van der Waals surface area contributed by atoms with Gasteiger partial charge in [0, 0.05) is 26.0 Å². The lowest BCUT2D eigenvalue weighted by Crippen LogP contribution is -2.29. The molecule has 1 heterocycles. The second-order valence-corrected chi connectivity index (χ2v) is 3.65. The number of hydrogen-bond donors (Lipinski definition) is 0. The van der Waals surface area contributed by atoms with Crippen molar-refractivity contribution in [2.45, 2.75) is 13.8 Å². The maximum atomic E-state index is 11.7. The van der Waals surface area contributed by atoms with Crippen molar-refractivity contribution in [3.05, 3.63) is 51.0 Å². The average Bonchev–Trinajstić information content (AvgIpc) is 2.57. The van der Waals surface area contributed by atoms with Crippen LogP contribution in [0, 0.1) is 29.2 Å². The zero-order valence-corrected chi connectivity index (χ0v) is 9.34. The molecule has 17 heavy (non-hydrogen) atoms. The maximum absolute atomic E-state index is 11.7. The number of hydrogen-bond acceptors (Lipinski definition) is 4. The van der Waals surface area contributed by atoms with Gasteiger partial charge in [-0.25, -0.2) is 0 Å². The Labute approximate surface area is 96.8 Å². The summed E-state index contributed by atoms with van der Waals surface area (Å²) >= 11 is 0. The van der Waals surface area contributed by atoms with E-state index >= 15 is 0 Å². The highest BCUT2D eigenvalue weighted by Gasteiger charge is 2.21. The molecule has 1 aromatic heterocycles. The van der Waals surface area contributed by atoms with Crippen molar-refractivity contribution in [2.75, 3.05) is 0 Å². The van der Waals surface area contributed by atoms with Crippen molar-refractivity contribution < 1.29 is 14.1 Å². The van der Waals surface area contributed by atoms with Crippen LogP contribution in [0.1, 0.15) is 11.5 Å². The molecule has 1 aromatic carbocycles. The van der Waals surface area contributed by atoms with Crippen molar-refractivity contribution in [2.24, 2.45) is 0 Å². The Morgan fingerprint density at radius 2 is 2.06 bits per heavy atom. The van der Waals surface area contributed by atoms with E-state index in [-0.39, 0.29) is 11.6 Å². The largest absolute Gasteiger partial charge is 0.616 e. The molecule has 0 bridgehead atoms. The number of aromatic nitrogens is 1. The lowest BCUT2D eigenvalue weighted by atomic mass is 10.2. The lowest BCUT2D eigenvalue weighted by molar-refractivity contribution is -0.602. The van der Waals surface area contributed by atoms with Crippen molar-refractivity contribution in [3.63, 3.8) is 0 Å². The molecule has 0 spiro atoms. The number of rotatable bonds is 2. The average molecular weight is 234 g/mol. The van der Waals surface area contributed by atoms with Gasteiger partial charge in [0.15, 0.2) is 5.76 Å². The summed E-state index contributed by atoms with van der Waals surface area (Å²) in [5.41, 5.74) is 0.770. The van der Waals surface area contributed by atoms with Crippen LogP contribution in [0.5, 0.6) is 0 Å². The van der Waals surface area contributed by atoms with Gasteiger partial charge >= 0.3 is 5.89 Å². The molecule has 2 aromatic rings. The summed E-state index contributed by atoms with van der Waals surface area (Å²) in [6, 6.07) is 5.78. The number of benzene rings is 1. The molecule has 2 rings (SSSR count). The molecule has 0 aliphatic rings. The molecule has 0 aliphatic carbocycles. The zero-order chi connectivity index (χ0) is 12.6. The van der Waals surface area contributed by atoms with E-state index in [1.54, 1.807) is 19.9 Å². The van der Waals surface area contributed by atoms with Crippen LogP contribution in [0.4, 0.5) is 5.69 Å². The van der Waals surface area contributed by atoms with Gasteiger partial charge < -0.3 is 9.62 Å². The Kier molecular flexibility index (Phi) is 2.55. The van der Waals surface area contributed by atoms with Gasteiger partial charge in [0.1, 0.15) is 0 Å². The van der Waals surface area contributed by atoms with Crippen LogP contribution in [0.2, 0.25) is 0 Å². The van der Waals surface area contributed by atoms with Crippen molar-refractivity contribution >= 4 is 5.69 Å². The number of oxazole rings is 1. The fourth-order valence-corrected chi connectivity index (χ4v) is 1.48. The molecule has 0 radical (unpaired) electrons. The Morgan fingerprint density at radius 3 is 2.59 bits per heavy atom. The van der Waals surface area contributed by atoms with E-state index in [9.17, 15) is 15.3 Å². The minimum absolute atomic E-state index is 0.0729. The van der Waals surface area contributed by atoms with Gasteiger partial charge in [-0.3, -0.25) is 10.1 Å². The van der Waals surface area contributed by atoms with Gasteiger partial charge in [-0.1, -0.05) is 6.07 Å². The van der Waals surface area contributed by atoms with E-state index in [0.29, 0.717) is 21.7 Å². The van der Waals surface area contributed by atoms with Crippen LogP contribution in [-0.2, 0) is 0 Å². The van der Waals surface area contributed by atoms with Gasteiger partial charge in [0.25, 0.3) is 5.69 Å². The van der Waals surface area contributed by atoms with Crippen LogP contribution in [0.25, 0.3) is 11.5 Å². The highest BCUT2D eigenvalue weighted by atomic mass is 16.6. The molecule has 0 amide bonds. The zero-order valence-electron chi connectivity index (χ0n) is 9.34. The van der Waals surface area contributed by atoms with Gasteiger partial charge in [-0.05, 0) is 6.07 Å². The van der Waals surface area contributed by atoms with Crippen LogP contribution in [-0.4, -0.2) is 4.92 Å². The molecule has 0 N–H and O–H groups in total. The van der Waals surface area contributed by atoms with Gasteiger partial charge in [0.05, 0.1) is 10.5 Å². The van der Waals surface area contributed by atoms with E-state index in [4.69, 9.17) is 4.42 Å². The highest BCUT2D eigenvalue weighted by molar-refractivity contribution is 5.55. The third-order valence-electron chi connectivity index (χ3n) is 2.55. The van der Waals surface area contributed by atoms with E-state index in [1.165, 1.54) is 18.2 Å². The molecule has 0 unspecified atom stereocenters. The van der Waals surface area contributed by atoms with E-state index in [1.807, 2.05) is 0 Å². The van der Waals surface area contributed by atoms with Crippen LogP contribution in [0.15, 0.2) is 28.7 Å². The summed E-state index contributed by atoms with van der Waals surface area (Å²) in [4.78, 5) is 10.1. The predicted octanol–water partition coefficient (Wildman–Crippen LogP) is 2.11. The van der Waals surface area contributed by atoms with Crippen LogP contribution < -0.4 is 4.73 Å². The van der Waals surface area contributed by atoms with Gasteiger partial charge in [-0.2, -0.15) is 0 Å². The predicted molar refractivity (Wildman–Crippen MR) is 59.2 cm³/mol. The molecular formula is C11H10N2O4. The van der Waals surface area contributed by atoms with Crippen molar-refractivity contribution in [3.8, 4) is 11.5 Å². The Balaban J connectivity index is 2.56. The fraction of sp³-hybridized carbons (Fsp3) is 0.182. The summed E-state index contributed by atoms with van der Waals surface area (Å²) in [6.45, 7) is 3.30. The number of non-ortho nitro benzene ring substituents is 1. The van der Waals surface area contributed by atoms with Crippen molar-refractivity contribution in [1.29, 1.82) is 0 Å². The standard InChI is InChI=1S/C11H10N2O4/c1-7-8(2)17-11(12(7)14)9-4-3-5-10(6-9)13(15)16/h3-6H,1-2H3. The SMILES string of the molecule is Cc1oc(-c2cccc([N+](=O)[O-])c2)[n+]([O-])c1C. The smallest absolute Gasteiger partial charge is 0.392 e. The minimum Gasteiger partial charge on any atom is -0.616 e. The fourth-order valence-electron chi connectivity index (χ4n) is 1.48. The topological polar surface area (TPSA) is 83.2 Å². The number of aryl methyl sites for hydroxylation is 1. The number of nitro benzene ring substituents is 1. The summed E-state index contributed by atoms with van der Waals surface area (Å²) in [7, 11) is 0. The van der Waals surface area contributed by atoms with E-state index < -0.39 is 4.92 Å². The molecule has 0 fully saturated rings. The van der Waals surface area contributed by atoms with Crippen molar-refractivity contribution in [1.82, 2.24) is 0 Å². The summed E-state index contributed by atoms with van der Waals surface area (Å²) in [5, 5.41) is 22.4. The third kappa shape index (κ3) is 1.84. The van der Waals surface area contributed by atoms with Gasteiger partial charge in [0.2, 0.25) is 5.69 Å². The lowest BCUT2D eigenvalue weighted by Gasteiger charge is -1.97. The molecule has 88 valence electrons. The Bertz CT molecular complexity index is 589. The highest BCUT2D eigenvalue weighted by Crippen LogP contribution is 2.23. The Morgan fingerprint density at radius 1 is 1.35 bits per heavy atom. The van der Waals surface area contributed by atoms with Crippen LogP contribution >= 0.6 is 0 Å². The third-order valence-corrected chi connectivity index (χ3v) is 2.55. The monoisotopic (exact) mass is 234 g/mol. The first-order valence-corrected chi connectivity index (χ1v) is 4.95.